The van der Waals surface area contributed by atoms with Gasteiger partial charge in [0.15, 0.2) is 0 Å². The maximum Gasteiger partial charge on any atom is 0.223 e. The number of carbonyl (C=O) groups excluding carboxylic acids is 1. The van der Waals surface area contributed by atoms with Gasteiger partial charge in [-0.1, -0.05) is 54.6 Å². The average Bonchev–Trinajstić information content (AvgIpc) is 3.22. The first kappa shape index (κ1) is 22.0. The SMILES string of the molecule is COc1ccc(C2CC(CNC(=O)C3CCCCC3)=NN2c2ccc(Cl)cc2Cl)cc1. The lowest BCUT2D eigenvalue weighted by Gasteiger charge is -2.25. The van der Waals surface area contributed by atoms with Crippen molar-refractivity contribution in [2.75, 3.05) is 18.7 Å². The molecule has 1 fully saturated rings. The molecule has 0 aromatic heterocycles. The van der Waals surface area contributed by atoms with Crippen molar-refractivity contribution in [3.05, 3.63) is 58.1 Å². The lowest BCUT2D eigenvalue weighted by molar-refractivity contribution is -0.125. The molecule has 1 heterocycles. The number of hydrazone groups is 1. The zero-order chi connectivity index (χ0) is 21.8. The zero-order valence-corrected chi connectivity index (χ0v) is 19.1. The van der Waals surface area contributed by atoms with Crippen LogP contribution in [0.4, 0.5) is 5.69 Å². The molecule has 2 aromatic carbocycles. The molecule has 0 bridgehead atoms. The summed E-state index contributed by atoms with van der Waals surface area (Å²) in [5.74, 6) is 1.08. The molecule has 7 heteroatoms. The van der Waals surface area contributed by atoms with Gasteiger partial charge < -0.3 is 10.1 Å². The van der Waals surface area contributed by atoms with Crippen LogP contribution in [-0.2, 0) is 4.79 Å². The Hall–Kier alpha value is -2.24. The second kappa shape index (κ2) is 9.92. The lowest BCUT2D eigenvalue weighted by Crippen LogP contribution is -2.35. The fraction of sp³-hybridized carbons (Fsp3) is 0.417. The van der Waals surface area contributed by atoms with Gasteiger partial charge in [-0.2, -0.15) is 5.10 Å². The number of methoxy groups -OCH3 is 1. The molecule has 2 aromatic rings. The summed E-state index contributed by atoms with van der Waals surface area (Å²) < 4.78 is 5.29. The molecule has 5 nitrogen and oxygen atoms in total. The van der Waals surface area contributed by atoms with Crippen molar-refractivity contribution in [2.24, 2.45) is 11.0 Å². The molecule has 0 saturated heterocycles. The Kier molecular flexibility index (Phi) is 7.03. The highest BCUT2D eigenvalue weighted by molar-refractivity contribution is 6.36. The van der Waals surface area contributed by atoms with E-state index in [1.807, 2.05) is 41.4 Å². The fourth-order valence-electron chi connectivity index (χ4n) is 4.35. The van der Waals surface area contributed by atoms with Gasteiger partial charge in [0.25, 0.3) is 0 Å². The summed E-state index contributed by atoms with van der Waals surface area (Å²) in [5.41, 5.74) is 2.82. The van der Waals surface area contributed by atoms with Gasteiger partial charge in [0.1, 0.15) is 5.75 Å². The van der Waals surface area contributed by atoms with E-state index in [0.717, 1.165) is 48.4 Å². The number of rotatable bonds is 6. The maximum absolute atomic E-state index is 12.6. The number of hydrogen-bond donors (Lipinski definition) is 1. The van der Waals surface area contributed by atoms with Gasteiger partial charge >= 0.3 is 0 Å². The van der Waals surface area contributed by atoms with Crippen molar-refractivity contribution in [3.8, 4) is 5.75 Å². The van der Waals surface area contributed by atoms with Crippen LogP contribution in [0.1, 0.15) is 50.1 Å². The minimum Gasteiger partial charge on any atom is -0.497 e. The summed E-state index contributed by atoms with van der Waals surface area (Å²) in [6, 6.07) is 13.4. The second-order valence-corrected chi connectivity index (χ2v) is 9.00. The predicted octanol–water partition coefficient (Wildman–Crippen LogP) is 6.01. The molecular weight excluding hydrogens is 433 g/mol. The molecule has 164 valence electrons. The third-order valence-corrected chi connectivity index (χ3v) is 6.61. The van der Waals surface area contributed by atoms with Gasteiger partial charge in [-0.15, -0.1) is 0 Å². The lowest BCUT2D eigenvalue weighted by atomic mass is 9.88. The van der Waals surface area contributed by atoms with Crippen LogP contribution in [0.15, 0.2) is 47.6 Å². The van der Waals surface area contributed by atoms with Gasteiger partial charge in [0, 0.05) is 17.4 Å². The van der Waals surface area contributed by atoms with Gasteiger partial charge in [0.2, 0.25) is 5.91 Å². The molecule has 1 amide bonds. The van der Waals surface area contributed by atoms with E-state index in [2.05, 4.69) is 5.32 Å². The van der Waals surface area contributed by atoms with Crippen LogP contribution in [0.5, 0.6) is 5.75 Å². The van der Waals surface area contributed by atoms with Crippen LogP contribution in [-0.4, -0.2) is 25.3 Å². The molecule has 1 unspecified atom stereocenters. The summed E-state index contributed by atoms with van der Waals surface area (Å²) in [5, 5.41) is 11.0. The summed E-state index contributed by atoms with van der Waals surface area (Å²) in [7, 11) is 1.65. The molecule has 1 aliphatic heterocycles. The van der Waals surface area contributed by atoms with E-state index in [-0.39, 0.29) is 17.9 Å². The van der Waals surface area contributed by atoms with E-state index in [1.54, 1.807) is 13.2 Å². The molecular formula is C24H27Cl2N3O2. The van der Waals surface area contributed by atoms with E-state index in [4.69, 9.17) is 33.0 Å². The number of ether oxygens (including phenoxy) is 1. The van der Waals surface area contributed by atoms with Crippen molar-refractivity contribution >= 4 is 40.5 Å². The summed E-state index contributed by atoms with van der Waals surface area (Å²) >= 11 is 12.6. The van der Waals surface area contributed by atoms with Crippen molar-refractivity contribution in [3.63, 3.8) is 0 Å². The minimum absolute atomic E-state index is 0.0221. The zero-order valence-electron chi connectivity index (χ0n) is 17.6. The monoisotopic (exact) mass is 459 g/mol. The number of amides is 1. The van der Waals surface area contributed by atoms with E-state index < -0.39 is 0 Å². The van der Waals surface area contributed by atoms with E-state index in [9.17, 15) is 4.79 Å². The molecule has 0 radical (unpaired) electrons. The highest BCUT2D eigenvalue weighted by Crippen LogP contribution is 2.40. The quantitative estimate of drug-likeness (QED) is 0.575. The van der Waals surface area contributed by atoms with Crippen molar-refractivity contribution in [1.82, 2.24) is 5.32 Å². The van der Waals surface area contributed by atoms with Gasteiger partial charge in [0.05, 0.1) is 36.1 Å². The normalized spacial score (nSPS) is 19.3. The van der Waals surface area contributed by atoms with Crippen molar-refractivity contribution < 1.29 is 9.53 Å². The van der Waals surface area contributed by atoms with Crippen LogP contribution >= 0.6 is 23.2 Å². The molecule has 31 heavy (non-hydrogen) atoms. The average molecular weight is 460 g/mol. The Labute approximate surface area is 193 Å². The standard InChI is InChI=1S/C24H27Cl2N3O2/c1-31-20-10-7-16(8-11-20)23-14-19(15-27-24(30)17-5-3-2-4-6-17)28-29(23)22-12-9-18(25)13-21(22)26/h7-13,17,23H,2-6,14-15H2,1H3,(H,27,30). The smallest absolute Gasteiger partial charge is 0.223 e. The molecule has 1 atom stereocenters. The Morgan fingerprint density at radius 2 is 1.87 bits per heavy atom. The first-order chi connectivity index (χ1) is 15.0. The number of hydrogen-bond acceptors (Lipinski definition) is 4. The van der Waals surface area contributed by atoms with Gasteiger partial charge in [-0.25, -0.2) is 0 Å². The van der Waals surface area contributed by atoms with Crippen LogP contribution in [0.3, 0.4) is 0 Å². The summed E-state index contributed by atoms with van der Waals surface area (Å²) in [6.45, 7) is 0.448. The molecule has 2 aliphatic rings. The molecule has 4 rings (SSSR count). The Morgan fingerprint density at radius 1 is 1.13 bits per heavy atom. The van der Waals surface area contributed by atoms with Crippen LogP contribution in [0.2, 0.25) is 10.0 Å². The molecule has 1 N–H and O–H groups in total. The molecule has 0 spiro atoms. The highest BCUT2D eigenvalue weighted by Gasteiger charge is 2.31. The predicted molar refractivity (Wildman–Crippen MR) is 126 cm³/mol. The number of nitrogens with one attached hydrogen (secondary N) is 1. The second-order valence-electron chi connectivity index (χ2n) is 8.15. The molecule has 1 saturated carbocycles. The highest BCUT2D eigenvalue weighted by atomic mass is 35.5. The first-order valence-corrected chi connectivity index (χ1v) is 11.5. The topological polar surface area (TPSA) is 53.9 Å². The molecule has 1 aliphatic carbocycles. The maximum atomic E-state index is 12.6. The van der Waals surface area contributed by atoms with Crippen LogP contribution in [0.25, 0.3) is 0 Å². The summed E-state index contributed by atoms with van der Waals surface area (Å²) in [6.07, 6.45) is 6.19. The number of carbonyl (C=O) groups is 1. The van der Waals surface area contributed by atoms with Gasteiger partial charge in [-0.3, -0.25) is 9.80 Å². The van der Waals surface area contributed by atoms with Crippen molar-refractivity contribution in [1.29, 1.82) is 0 Å². The number of halogens is 2. The van der Waals surface area contributed by atoms with E-state index >= 15 is 0 Å². The fourth-order valence-corrected chi connectivity index (χ4v) is 4.85. The van der Waals surface area contributed by atoms with E-state index in [1.165, 1.54) is 6.42 Å². The number of anilines is 1. The number of benzene rings is 2. The Bertz CT molecular complexity index is 956. The largest absolute Gasteiger partial charge is 0.497 e. The first-order valence-electron chi connectivity index (χ1n) is 10.8. The number of nitrogens with zero attached hydrogens (tertiary/aromatic N) is 2. The van der Waals surface area contributed by atoms with Crippen molar-refractivity contribution in [2.45, 2.75) is 44.6 Å². The Morgan fingerprint density at radius 3 is 2.55 bits per heavy atom. The minimum atomic E-state index is -0.0221. The van der Waals surface area contributed by atoms with E-state index in [0.29, 0.717) is 23.0 Å². The third-order valence-electron chi connectivity index (χ3n) is 6.07. The third kappa shape index (κ3) is 5.16. The van der Waals surface area contributed by atoms with Crippen LogP contribution < -0.4 is 15.1 Å². The Balaban J connectivity index is 1.54. The summed E-state index contributed by atoms with van der Waals surface area (Å²) in [4.78, 5) is 12.6. The van der Waals surface area contributed by atoms with Crippen LogP contribution in [0, 0.1) is 5.92 Å². The van der Waals surface area contributed by atoms with Gasteiger partial charge in [-0.05, 0) is 48.7 Å².